The molecule has 1 aromatic heterocycles. The fraction of sp³-hybridized carbons (Fsp3) is 0.0714. The average Bonchev–Trinajstić information content (AvgIpc) is 2.90. The minimum absolute atomic E-state index is 0. The van der Waals surface area contributed by atoms with Crippen molar-refractivity contribution < 1.29 is 50.0 Å². The molecule has 0 bridgehead atoms. The van der Waals surface area contributed by atoms with Gasteiger partial charge in [-0.1, -0.05) is 41.7 Å². The van der Waals surface area contributed by atoms with E-state index in [9.17, 15) is 16.8 Å². The molecule has 0 radical (unpaired) electrons. The summed E-state index contributed by atoms with van der Waals surface area (Å²) in [5, 5.41) is 3.62. The van der Waals surface area contributed by atoms with Crippen LogP contribution in [0.1, 0.15) is 0 Å². The molecule has 0 aliphatic carbocycles. The summed E-state index contributed by atoms with van der Waals surface area (Å²) in [6, 6.07) is 14.3. The van der Waals surface area contributed by atoms with Gasteiger partial charge in [0.15, 0.2) is 4.80 Å². The van der Waals surface area contributed by atoms with Gasteiger partial charge in [-0.25, -0.2) is 8.42 Å². The van der Waals surface area contributed by atoms with Gasteiger partial charge in [0.05, 0.1) is 15.1 Å². The summed E-state index contributed by atoms with van der Waals surface area (Å²) in [4.78, 5) is 3.07. The summed E-state index contributed by atoms with van der Waals surface area (Å²) in [6.07, 6.45) is 0. The number of nitrogens with zero attached hydrogens (tertiary/aromatic N) is 3. The zero-order chi connectivity index (χ0) is 18.1. The second-order valence-electron chi connectivity index (χ2n) is 4.86. The van der Waals surface area contributed by atoms with Crippen LogP contribution < -0.4 is 34.4 Å². The summed E-state index contributed by atoms with van der Waals surface area (Å²) < 4.78 is 54.4. The molecule has 1 heterocycles. The number of rotatable bonds is 5. The first-order chi connectivity index (χ1) is 11.8. The molecule has 0 unspecified atom stereocenters. The minimum atomic E-state index is -4.78. The Morgan fingerprint density at radius 2 is 1.62 bits per heavy atom. The Bertz CT molecular complexity index is 1190. The van der Waals surface area contributed by atoms with Crippen LogP contribution in [0.3, 0.4) is 0 Å². The van der Waals surface area contributed by atoms with Crippen molar-refractivity contribution in [2.75, 3.05) is 0 Å². The Labute approximate surface area is 176 Å². The number of benzene rings is 2. The van der Waals surface area contributed by atoms with Gasteiger partial charge >= 0.3 is 39.7 Å². The van der Waals surface area contributed by atoms with E-state index in [2.05, 4.69) is 13.6 Å². The van der Waals surface area contributed by atoms with Gasteiger partial charge in [-0.15, -0.1) is 0 Å². The Kier molecular flexibility index (Phi) is 6.66. The van der Waals surface area contributed by atoms with Crippen LogP contribution >= 0.6 is 11.3 Å². The fourth-order valence-electron chi connectivity index (χ4n) is 2.02. The number of hydrogen-bond donors (Lipinski definition) is 0. The molecule has 0 N–H and O–H groups in total. The van der Waals surface area contributed by atoms with Crippen molar-refractivity contribution in [1.82, 2.24) is 4.57 Å². The molecule has 0 atom stereocenters. The van der Waals surface area contributed by atoms with E-state index in [0.717, 1.165) is 10.2 Å². The summed E-state index contributed by atoms with van der Waals surface area (Å²) in [6.45, 7) is 0. The molecule has 2 aromatic carbocycles. The first-order valence-electron chi connectivity index (χ1n) is 6.85. The van der Waals surface area contributed by atoms with Gasteiger partial charge in [-0.3, -0.25) is 0 Å². The van der Waals surface area contributed by atoms with E-state index in [1.165, 1.54) is 35.6 Å². The zero-order valence-corrected chi connectivity index (χ0v) is 18.3. The second kappa shape index (κ2) is 8.21. The SMILES string of the molecule is Cn1c(=N[N-]S(=O)(=O)OS(=O)(=O)c2ccccc2)sc2ccccc21.[Na+]. The predicted molar refractivity (Wildman–Crippen MR) is 93.4 cm³/mol. The number of fused-ring (bicyclic) bond motifs is 1. The van der Waals surface area contributed by atoms with Crippen molar-refractivity contribution >= 4 is 42.0 Å². The Morgan fingerprint density at radius 3 is 2.27 bits per heavy atom. The molecule has 8 nitrogen and oxygen atoms in total. The van der Waals surface area contributed by atoms with Crippen LogP contribution in [-0.4, -0.2) is 21.4 Å². The maximum absolute atomic E-state index is 12.0. The third-order valence-corrected chi connectivity index (χ3v) is 6.79. The number of thiazole rings is 1. The monoisotopic (exact) mass is 421 g/mol. The summed E-state index contributed by atoms with van der Waals surface area (Å²) in [5.74, 6) is 0. The maximum atomic E-state index is 12.0. The average molecular weight is 421 g/mol. The van der Waals surface area contributed by atoms with E-state index in [0.29, 0.717) is 0 Å². The predicted octanol–water partition coefficient (Wildman–Crippen LogP) is -0.917. The molecule has 0 fully saturated rings. The van der Waals surface area contributed by atoms with Crippen LogP contribution in [0.5, 0.6) is 0 Å². The first kappa shape index (κ1) is 21.1. The first-order valence-corrected chi connectivity index (χ1v) is 10.4. The third-order valence-electron chi connectivity index (χ3n) is 3.15. The van der Waals surface area contributed by atoms with Crippen LogP contribution in [0, 0.1) is 0 Å². The van der Waals surface area contributed by atoms with E-state index in [4.69, 9.17) is 0 Å². The van der Waals surface area contributed by atoms with Gasteiger partial charge in [0.1, 0.15) is 0 Å². The minimum Gasteiger partial charge on any atom is -0.468 e. The number of para-hydroxylation sites is 1. The quantitative estimate of drug-likeness (QED) is 0.391. The van der Waals surface area contributed by atoms with Crippen LogP contribution in [0.2, 0.25) is 0 Å². The van der Waals surface area contributed by atoms with Crippen molar-refractivity contribution in [3.63, 3.8) is 0 Å². The van der Waals surface area contributed by atoms with Gasteiger partial charge in [0.2, 0.25) is 10.3 Å². The summed E-state index contributed by atoms with van der Waals surface area (Å²) >= 11 is 1.21. The van der Waals surface area contributed by atoms with Gasteiger partial charge < -0.3 is 14.5 Å². The van der Waals surface area contributed by atoms with E-state index in [1.54, 1.807) is 17.7 Å². The molecule has 0 saturated carbocycles. The fourth-order valence-corrected chi connectivity index (χ4v) is 5.03. The molecule has 132 valence electrons. The zero-order valence-electron chi connectivity index (χ0n) is 13.8. The smallest absolute Gasteiger partial charge is 0.468 e. The molecule has 26 heavy (non-hydrogen) atoms. The Hall–Kier alpha value is -1.21. The van der Waals surface area contributed by atoms with Gasteiger partial charge in [-0.2, -0.15) is 12.0 Å². The second-order valence-corrected chi connectivity index (χ2v) is 8.81. The standard InChI is InChI=1S/C14H12N3O5S3.Na/c1-17-12-9-5-6-10-13(12)23-14(17)15-16-25(20,21)22-24(18,19)11-7-3-2-4-8-11;/h2-10H,1H3;/q-1;+1. The van der Waals surface area contributed by atoms with E-state index in [1.807, 2.05) is 24.3 Å². The van der Waals surface area contributed by atoms with Crippen molar-refractivity contribution in [3.05, 3.63) is 64.2 Å². The van der Waals surface area contributed by atoms with Crippen molar-refractivity contribution in [2.45, 2.75) is 4.90 Å². The van der Waals surface area contributed by atoms with Crippen molar-refractivity contribution in [2.24, 2.45) is 12.1 Å². The molecule has 0 aliphatic heterocycles. The number of hydrogen-bond acceptors (Lipinski definition) is 7. The maximum Gasteiger partial charge on any atom is 1.00 e. The van der Waals surface area contributed by atoms with E-state index >= 15 is 0 Å². The van der Waals surface area contributed by atoms with E-state index < -0.39 is 20.4 Å². The molecule has 3 aromatic rings. The van der Waals surface area contributed by atoms with Gasteiger partial charge in [0.25, 0.3) is 0 Å². The van der Waals surface area contributed by atoms with Crippen LogP contribution in [0.4, 0.5) is 0 Å². The van der Waals surface area contributed by atoms with Crippen molar-refractivity contribution in [3.8, 4) is 0 Å². The molecule has 0 saturated heterocycles. The van der Waals surface area contributed by atoms with Gasteiger partial charge in [0, 0.05) is 7.05 Å². The van der Waals surface area contributed by atoms with Crippen LogP contribution in [0.25, 0.3) is 15.0 Å². The molecule has 0 spiro atoms. The van der Waals surface area contributed by atoms with E-state index in [-0.39, 0.29) is 39.3 Å². The van der Waals surface area contributed by atoms with Crippen LogP contribution in [-0.2, 0) is 31.1 Å². The topological polar surface area (TPSA) is 109 Å². The normalized spacial score (nSPS) is 12.7. The van der Waals surface area contributed by atoms with Crippen molar-refractivity contribution in [1.29, 1.82) is 0 Å². The van der Waals surface area contributed by atoms with Crippen LogP contribution in [0.15, 0.2) is 64.6 Å². The molecule has 3 rings (SSSR count). The Balaban J connectivity index is 0.00000243. The number of aryl methyl sites for hydroxylation is 1. The molecular formula is C14H12N3NaO5S3. The molecule has 12 heteroatoms. The molecule has 0 amide bonds. The summed E-state index contributed by atoms with van der Waals surface area (Å²) in [7, 11) is -7.58. The van der Waals surface area contributed by atoms with Gasteiger partial charge in [-0.05, 0) is 24.3 Å². The molecule has 0 aliphatic rings. The Morgan fingerprint density at radius 1 is 1.00 bits per heavy atom. The number of aromatic nitrogens is 1. The third kappa shape index (κ3) is 4.74. The molecular weight excluding hydrogens is 409 g/mol. The summed E-state index contributed by atoms with van der Waals surface area (Å²) in [5.41, 5.74) is 0.844. The largest absolute Gasteiger partial charge is 1.00 e.